The number of benzene rings is 2. The first kappa shape index (κ1) is 13.6. The van der Waals surface area contributed by atoms with Crippen LogP contribution in [0.15, 0.2) is 54.6 Å². The third-order valence-corrected chi connectivity index (χ3v) is 3.64. The molecule has 0 unspecified atom stereocenters. The van der Waals surface area contributed by atoms with E-state index in [9.17, 15) is 4.79 Å². The van der Waals surface area contributed by atoms with Crippen molar-refractivity contribution in [1.29, 1.82) is 0 Å². The lowest BCUT2D eigenvalue weighted by Crippen LogP contribution is -2.32. The Bertz CT molecular complexity index is 628. The summed E-state index contributed by atoms with van der Waals surface area (Å²) in [6.45, 7) is 0.943. The first-order valence-corrected chi connectivity index (χ1v) is 7.02. The Morgan fingerprint density at radius 3 is 2.38 bits per heavy atom. The third-order valence-electron chi connectivity index (χ3n) is 3.64. The Kier molecular flexibility index (Phi) is 3.88. The van der Waals surface area contributed by atoms with Crippen LogP contribution in [0.25, 0.3) is 0 Å². The van der Waals surface area contributed by atoms with Gasteiger partial charge in [-0.1, -0.05) is 30.3 Å². The summed E-state index contributed by atoms with van der Waals surface area (Å²) in [7, 11) is 1.61. The number of anilines is 3. The number of ether oxygens (including phenoxy) is 1. The van der Waals surface area contributed by atoms with Crippen LogP contribution in [0, 0.1) is 0 Å². The van der Waals surface area contributed by atoms with E-state index in [1.807, 2.05) is 42.5 Å². The van der Waals surface area contributed by atoms with Crippen LogP contribution in [-0.4, -0.2) is 26.3 Å². The number of para-hydroxylation sites is 3. The number of fused-ring (bicyclic) bond motifs is 1. The highest BCUT2D eigenvalue weighted by Crippen LogP contribution is 2.36. The first-order valence-electron chi connectivity index (χ1n) is 7.02. The van der Waals surface area contributed by atoms with Gasteiger partial charge >= 0.3 is 0 Å². The maximum atomic E-state index is 12.4. The van der Waals surface area contributed by atoms with Gasteiger partial charge in [0.25, 0.3) is 0 Å². The molecule has 0 saturated carbocycles. The Hall–Kier alpha value is -2.33. The molecule has 0 fully saturated rings. The van der Waals surface area contributed by atoms with Crippen LogP contribution in [-0.2, 0) is 9.53 Å². The summed E-state index contributed by atoms with van der Waals surface area (Å²) >= 11 is 0. The molecule has 1 aliphatic rings. The van der Waals surface area contributed by atoms with E-state index in [1.54, 1.807) is 12.0 Å². The standard InChI is InChI=1S/C17H18N2O2/c1-21-13-19-16-10-6-5-9-15(16)18(12-11-17(19)20)14-7-3-2-4-8-14/h2-10H,11-13H2,1H3. The molecule has 0 atom stereocenters. The number of nitrogens with zero attached hydrogens (tertiary/aromatic N) is 2. The summed E-state index contributed by atoms with van der Waals surface area (Å²) in [6.07, 6.45) is 0.465. The number of hydrogen-bond acceptors (Lipinski definition) is 3. The zero-order valence-electron chi connectivity index (χ0n) is 12.0. The second-order valence-corrected chi connectivity index (χ2v) is 4.97. The molecular weight excluding hydrogens is 264 g/mol. The number of amides is 1. The molecule has 0 saturated heterocycles. The van der Waals surface area contributed by atoms with Gasteiger partial charge in [0.05, 0.1) is 11.4 Å². The van der Waals surface area contributed by atoms with E-state index in [0.717, 1.165) is 17.1 Å². The van der Waals surface area contributed by atoms with Crippen molar-refractivity contribution in [3.8, 4) is 0 Å². The molecule has 0 aromatic heterocycles. The van der Waals surface area contributed by atoms with Gasteiger partial charge in [0, 0.05) is 25.8 Å². The second kappa shape index (κ2) is 5.97. The van der Waals surface area contributed by atoms with E-state index in [1.165, 1.54) is 0 Å². The quantitative estimate of drug-likeness (QED) is 0.867. The fourth-order valence-electron chi connectivity index (χ4n) is 2.66. The molecular formula is C17H18N2O2. The predicted octanol–water partition coefficient (Wildman–Crippen LogP) is 3.17. The minimum atomic E-state index is 0.0859. The van der Waals surface area contributed by atoms with E-state index < -0.39 is 0 Å². The summed E-state index contributed by atoms with van der Waals surface area (Å²) < 4.78 is 5.19. The molecule has 1 amide bonds. The molecule has 2 aromatic rings. The first-order chi connectivity index (χ1) is 10.3. The van der Waals surface area contributed by atoms with E-state index in [4.69, 9.17) is 4.74 Å². The lowest BCUT2D eigenvalue weighted by molar-refractivity contribution is -0.119. The monoisotopic (exact) mass is 282 g/mol. The Balaban J connectivity index is 2.08. The normalized spacial score (nSPS) is 14.8. The zero-order valence-corrected chi connectivity index (χ0v) is 12.0. The SMILES string of the molecule is COCN1C(=O)CCN(c2ccccc2)c2ccccc21. The molecule has 0 aliphatic carbocycles. The van der Waals surface area contributed by atoms with Gasteiger partial charge in [-0.15, -0.1) is 0 Å². The maximum absolute atomic E-state index is 12.4. The lowest BCUT2D eigenvalue weighted by atomic mass is 10.2. The van der Waals surface area contributed by atoms with Crippen LogP contribution in [0.2, 0.25) is 0 Å². The molecule has 0 N–H and O–H groups in total. The van der Waals surface area contributed by atoms with Crippen molar-refractivity contribution in [1.82, 2.24) is 0 Å². The highest BCUT2D eigenvalue weighted by atomic mass is 16.5. The smallest absolute Gasteiger partial charge is 0.230 e. The number of methoxy groups -OCH3 is 1. The van der Waals surface area contributed by atoms with Crippen LogP contribution in [0.3, 0.4) is 0 Å². The van der Waals surface area contributed by atoms with Gasteiger partial charge in [-0.05, 0) is 24.3 Å². The average molecular weight is 282 g/mol. The van der Waals surface area contributed by atoms with Crippen LogP contribution < -0.4 is 9.80 Å². The summed E-state index contributed by atoms with van der Waals surface area (Å²) in [6, 6.07) is 18.1. The fraction of sp³-hybridized carbons (Fsp3) is 0.235. The van der Waals surface area contributed by atoms with Crippen molar-refractivity contribution in [3.05, 3.63) is 54.6 Å². The topological polar surface area (TPSA) is 32.8 Å². The maximum Gasteiger partial charge on any atom is 0.230 e. The Morgan fingerprint density at radius 1 is 1.00 bits per heavy atom. The third kappa shape index (κ3) is 2.62. The lowest BCUT2D eigenvalue weighted by Gasteiger charge is -2.26. The van der Waals surface area contributed by atoms with E-state index >= 15 is 0 Å². The summed E-state index contributed by atoms with van der Waals surface area (Å²) in [4.78, 5) is 16.3. The highest BCUT2D eigenvalue weighted by molar-refractivity contribution is 5.99. The van der Waals surface area contributed by atoms with Gasteiger partial charge in [0.15, 0.2) is 0 Å². The molecule has 2 aromatic carbocycles. The van der Waals surface area contributed by atoms with Crippen LogP contribution in [0.4, 0.5) is 17.1 Å². The number of rotatable bonds is 3. The molecule has 108 valence electrons. The molecule has 1 heterocycles. The van der Waals surface area contributed by atoms with Gasteiger partial charge in [-0.25, -0.2) is 0 Å². The van der Waals surface area contributed by atoms with E-state index in [0.29, 0.717) is 13.0 Å². The fourth-order valence-corrected chi connectivity index (χ4v) is 2.66. The van der Waals surface area contributed by atoms with Gasteiger partial charge in [-0.2, -0.15) is 0 Å². The molecule has 0 spiro atoms. The summed E-state index contributed by atoms with van der Waals surface area (Å²) in [5.74, 6) is 0.0859. The van der Waals surface area contributed by atoms with Crippen molar-refractivity contribution in [2.24, 2.45) is 0 Å². The van der Waals surface area contributed by atoms with Crippen molar-refractivity contribution in [3.63, 3.8) is 0 Å². The number of carbonyl (C=O) groups excluding carboxylic acids is 1. The van der Waals surface area contributed by atoms with Gasteiger partial charge < -0.3 is 9.64 Å². The van der Waals surface area contributed by atoms with Crippen molar-refractivity contribution in [2.75, 3.05) is 30.2 Å². The minimum absolute atomic E-state index is 0.0859. The van der Waals surface area contributed by atoms with Crippen molar-refractivity contribution < 1.29 is 9.53 Å². The number of carbonyl (C=O) groups is 1. The van der Waals surface area contributed by atoms with Gasteiger partial charge in [0.1, 0.15) is 6.73 Å². The molecule has 1 aliphatic heterocycles. The average Bonchev–Trinajstić information content (AvgIpc) is 2.67. The Morgan fingerprint density at radius 2 is 1.67 bits per heavy atom. The largest absolute Gasteiger partial charge is 0.364 e. The van der Waals surface area contributed by atoms with Gasteiger partial charge in [-0.3, -0.25) is 9.69 Å². The molecule has 0 bridgehead atoms. The van der Waals surface area contributed by atoms with E-state index in [2.05, 4.69) is 17.0 Å². The molecule has 0 radical (unpaired) electrons. The molecule has 3 rings (SSSR count). The van der Waals surface area contributed by atoms with Gasteiger partial charge in [0.2, 0.25) is 5.91 Å². The van der Waals surface area contributed by atoms with Crippen molar-refractivity contribution >= 4 is 23.0 Å². The minimum Gasteiger partial charge on any atom is -0.364 e. The molecule has 4 heteroatoms. The summed E-state index contributed by atoms with van der Waals surface area (Å²) in [5.41, 5.74) is 3.02. The number of hydrogen-bond donors (Lipinski definition) is 0. The predicted molar refractivity (Wildman–Crippen MR) is 83.9 cm³/mol. The zero-order chi connectivity index (χ0) is 14.7. The summed E-state index contributed by atoms with van der Waals surface area (Å²) in [5, 5.41) is 0. The Labute approximate surface area is 124 Å². The van der Waals surface area contributed by atoms with Crippen LogP contribution in [0.5, 0.6) is 0 Å². The van der Waals surface area contributed by atoms with Crippen LogP contribution >= 0.6 is 0 Å². The highest BCUT2D eigenvalue weighted by Gasteiger charge is 2.26. The van der Waals surface area contributed by atoms with Crippen LogP contribution in [0.1, 0.15) is 6.42 Å². The molecule has 4 nitrogen and oxygen atoms in total. The van der Waals surface area contributed by atoms with Crippen molar-refractivity contribution in [2.45, 2.75) is 6.42 Å². The second-order valence-electron chi connectivity index (χ2n) is 4.97. The molecule has 21 heavy (non-hydrogen) atoms. The van der Waals surface area contributed by atoms with E-state index in [-0.39, 0.29) is 12.6 Å².